The Morgan fingerprint density at radius 1 is 1.04 bits per heavy atom. The fraction of sp³-hybridized carbons (Fsp3) is 0.852. The number of aliphatic hydroxyl groups excluding tert-OH is 1. The smallest absolute Gasteiger partial charge is 0.0543 e. The summed E-state index contributed by atoms with van der Waals surface area (Å²) in [7, 11) is 0. The summed E-state index contributed by atoms with van der Waals surface area (Å²) in [4.78, 5) is 0. The van der Waals surface area contributed by atoms with Gasteiger partial charge in [-0.3, -0.25) is 0 Å². The van der Waals surface area contributed by atoms with Crippen LogP contribution < -0.4 is 0 Å². The number of hydrogen-bond acceptors (Lipinski definition) is 1. The third-order valence-corrected chi connectivity index (χ3v) is 10.1. The zero-order valence-corrected chi connectivity index (χ0v) is 19.1. The fourth-order valence-corrected chi connectivity index (χ4v) is 8.03. The van der Waals surface area contributed by atoms with E-state index in [1.165, 1.54) is 44.9 Å². The Kier molecular flexibility index (Phi) is 5.62. The Bertz CT molecular complexity index is 632. The van der Waals surface area contributed by atoms with E-state index in [-0.39, 0.29) is 6.10 Å². The lowest BCUT2D eigenvalue weighted by Gasteiger charge is -2.57. The van der Waals surface area contributed by atoms with Crippen molar-refractivity contribution in [2.45, 2.75) is 98.5 Å². The van der Waals surface area contributed by atoms with E-state index in [0.29, 0.717) is 28.6 Å². The number of fused-ring (bicyclic) bond motifs is 5. The van der Waals surface area contributed by atoms with Gasteiger partial charge in [-0.2, -0.15) is 0 Å². The van der Waals surface area contributed by atoms with E-state index < -0.39 is 0 Å². The highest BCUT2D eigenvalue weighted by molar-refractivity contribution is 5.28. The van der Waals surface area contributed by atoms with Gasteiger partial charge < -0.3 is 5.11 Å². The molecule has 0 radical (unpaired) electrons. The minimum absolute atomic E-state index is 0.0455. The average Bonchev–Trinajstić information content (AvgIpc) is 3.03. The minimum atomic E-state index is -0.0455. The van der Waals surface area contributed by atoms with Gasteiger partial charge in [0.05, 0.1) is 6.10 Å². The van der Waals surface area contributed by atoms with Crippen LogP contribution in [-0.4, -0.2) is 11.2 Å². The van der Waals surface area contributed by atoms with Crippen molar-refractivity contribution < 1.29 is 5.11 Å². The van der Waals surface area contributed by atoms with E-state index in [4.69, 9.17) is 0 Å². The van der Waals surface area contributed by atoms with E-state index >= 15 is 0 Å². The second kappa shape index (κ2) is 7.60. The Balaban J connectivity index is 1.56. The molecule has 0 amide bonds. The molecule has 28 heavy (non-hydrogen) atoms. The van der Waals surface area contributed by atoms with Crippen molar-refractivity contribution in [3.05, 3.63) is 23.8 Å². The molecule has 0 aromatic carbocycles. The van der Waals surface area contributed by atoms with E-state index in [0.717, 1.165) is 30.6 Å². The van der Waals surface area contributed by atoms with Crippen LogP contribution in [0.15, 0.2) is 23.8 Å². The lowest BCUT2D eigenvalue weighted by atomic mass is 9.47. The maximum absolute atomic E-state index is 10.2. The molecular formula is C27H44O. The third kappa shape index (κ3) is 3.24. The summed E-state index contributed by atoms with van der Waals surface area (Å²) in [5.41, 5.74) is 2.80. The lowest BCUT2D eigenvalue weighted by Crippen LogP contribution is -2.49. The SMILES string of the molecule is CC[C@H](C)/C=C/[C@@H](C)[C@H]1CC[C@H]2C3=CC[C@H]4C[C@@H](O)CC[C@]4(C)[C@H]3CC[C@]12C. The molecular weight excluding hydrogens is 340 g/mol. The lowest BCUT2D eigenvalue weighted by molar-refractivity contribution is -0.0414. The van der Waals surface area contributed by atoms with E-state index in [1.54, 1.807) is 0 Å². The van der Waals surface area contributed by atoms with Gasteiger partial charge in [0.25, 0.3) is 0 Å². The number of aliphatic hydroxyl groups is 1. The first-order chi connectivity index (χ1) is 13.3. The van der Waals surface area contributed by atoms with Gasteiger partial charge in [0.15, 0.2) is 0 Å². The predicted octanol–water partition coefficient (Wildman–Crippen LogP) is 7.16. The topological polar surface area (TPSA) is 20.2 Å². The summed E-state index contributed by atoms with van der Waals surface area (Å²) in [5, 5.41) is 10.2. The van der Waals surface area contributed by atoms with E-state index in [1.807, 2.05) is 5.57 Å². The van der Waals surface area contributed by atoms with Gasteiger partial charge in [-0.25, -0.2) is 0 Å². The molecule has 0 spiro atoms. The molecule has 0 saturated heterocycles. The van der Waals surface area contributed by atoms with E-state index in [2.05, 4.69) is 52.8 Å². The molecule has 4 aliphatic carbocycles. The fourth-order valence-electron chi connectivity index (χ4n) is 8.03. The Morgan fingerprint density at radius 2 is 1.75 bits per heavy atom. The first kappa shape index (κ1) is 20.7. The van der Waals surface area contributed by atoms with Crippen molar-refractivity contribution in [2.24, 2.45) is 46.3 Å². The first-order valence-corrected chi connectivity index (χ1v) is 12.4. The molecule has 0 heterocycles. The molecule has 4 aliphatic rings. The van der Waals surface area contributed by atoms with Gasteiger partial charge in [0, 0.05) is 0 Å². The van der Waals surface area contributed by atoms with Crippen molar-refractivity contribution >= 4 is 0 Å². The highest BCUT2D eigenvalue weighted by atomic mass is 16.3. The molecule has 0 aliphatic heterocycles. The Morgan fingerprint density at radius 3 is 2.50 bits per heavy atom. The molecule has 9 atom stereocenters. The van der Waals surface area contributed by atoms with Gasteiger partial charge in [0.1, 0.15) is 0 Å². The highest BCUT2D eigenvalue weighted by Gasteiger charge is 2.57. The van der Waals surface area contributed by atoms with Crippen LogP contribution in [0.3, 0.4) is 0 Å². The third-order valence-electron chi connectivity index (χ3n) is 10.1. The summed E-state index contributed by atoms with van der Waals surface area (Å²) in [6, 6.07) is 0. The van der Waals surface area contributed by atoms with Crippen LogP contribution in [0, 0.1) is 46.3 Å². The normalized spacial score (nSPS) is 47.8. The molecule has 0 aromatic heterocycles. The average molecular weight is 385 g/mol. The van der Waals surface area contributed by atoms with Crippen molar-refractivity contribution in [3.8, 4) is 0 Å². The first-order valence-electron chi connectivity index (χ1n) is 12.4. The predicted molar refractivity (Wildman–Crippen MR) is 119 cm³/mol. The summed E-state index contributed by atoms with van der Waals surface area (Å²) in [5.74, 6) is 4.59. The monoisotopic (exact) mass is 384 g/mol. The van der Waals surface area contributed by atoms with Crippen LogP contribution in [0.4, 0.5) is 0 Å². The minimum Gasteiger partial charge on any atom is -0.393 e. The van der Waals surface area contributed by atoms with Gasteiger partial charge in [0.2, 0.25) is 0 Å². The zero-order valence-electron chi connectivity index (χ0n) is 19.1. The number of rotatable bonds is 4. The Hall–Kier alpha value is -0.560. The molecule has 4 rings (SSSR count). The van der Waals surface area contributed by atoms with Crippen LogP contribution >= 0.6 is 0 Å². The maximum atomic E-state index is 10.2. The largest absolute Gasteiger partial charge is 0.393 e. The van der Waals surface area contributed by atoms with Crippen LogP contribution in [0.2, 0.25) is 0 Å². The molecule has 1 heteroatoms. The molecule has 1 nitrogen and oxygen atoms in total. The van der Waals surface area contributed by atoms with Crippen molar-refractivity contribution in [2.75, 3.05) is 0 Å². The zero-order chi connectivity index (χ0) is 20.1. The maximum Gasteiger partial charge on any atom is 0.0543 e. The van der Waals surface area contributed by atoms with Gasteiger partial charge in [-0.05, 0) is 97.7 Å². The molecule has 1 N–H and O–H groups in total. The van der Waals surface area contributed by atoms with Crippen LogP contribution in [0.25, 0.3) is 0 Å². The van der Waals surface area contributed by atoms with Crippen LogP contribution in [0.1, 0.15) is 92.4 Å². The molecule has 158 valence electrons. The molecule has 0 unspecified atom stereocenters. The molecule has 0 aromatic rings. The van der Waals surface area contributed by atoms with Crippen molar-refractivity contribution in [1.82, 2.24) is 0 Å². The van der Waals surface area contributed by atoms with Crippen LogP contribution in [-0.2, 0) is 0 Å². The van der Waals surface area contributed by atoms with Crippen LogP contribution in [0.5, 0.6) is 0 Å². The highest BCUT2D eigenvalue weighted by Crippen LogP contribution is 2.66. The van der Waals surface area contributed by atoms with Gasteiger partial charge in [-0.15, -0.1) is 0 Å². The van der Waals surface area contributed by atoms with E-state index in [9.17, 15) is 5.11 Å². The molecule has 3 saturated carbocycles. The Labute approximate surface area is 174 Å². The summed E-state index contributed by atoms with van der Waals surface area (Å²) < 4.78 is 0. The summed E-state index contributed by atoms with van der Waals surface area (Å²) in [6.45, 7) is 12.3. The van der Waals surface area contributed by atoms with Gasteiger partial charge >= 0.3 is 0 Å². The standard InChI is InChI=1S/C27H44O/c1-6-18(2)7-8-19(3)23-11-12-24-22-10-9-20-17-21(28)13-15-26(20,4)25(22)14-16-27(23,24)5/h7-8,10,18-21,23-25,28H,6,9,11-17H2,1-5H3/b8-7+/t18-,19+,20-,21-,23+,24-,25-,26-,27+/m0/s1. The second-order valence-corrected chi connectivity index (χ2v) is 11.5. The quantitative estimate of drug-likeness (QED) is 0.510. The van der Waals surface area contributed by atoms with Gasteiger partial charge in [-0.1, -0.05) is 64.8 Å². The molecule has 3 fully saturated rings. The van der Waals surface area contributed by atoms with Crippen molar-refractivity contribution in [1.29, 1.82) is 0 Å². The summed E-state index contributed by atoms with van der Waals surface area (Å²) in [6.07, 6.45) is 19.0. The number of hydrogen-bond donors (Lipinski definition) is 1. The van der Waals surface area contributed by atoms with Crippen molar-refractivity contribution in [3.63, 3.8) is 0 Å². The number of allylic oxidation sites excluding steroid dienone is 4. The molecule has 0 bridgehead atoms. The second-order valence-electron chi connectivity index (χ2n) is 11.5. The summed E-state index contributed by atoms with van der Waals surface area (Å²) >= 11 is 0.